The third-order valence-corrected chi connectivity index (χ3v) is 11.4. The van der Waals surface area contributed by atoms with Crippen molar-refractivity contribution in [3.63, 3.8) is 0 Å². The van der Waals surface area contributed by atoms with Gasteiger partial charge in [0.25, 0.3) is 0 Å². The van der Waals surface area contributed by atoms with E-state index in [0.29, 0.717) is 58.2 Å². The molecule has 2 fully saturated rings. The van der Waals surface area contributed by atoms with Crippen molar-refractivity contribution in [3.05, 3.63) is 52.1 Å². The van der Waals surface area contributed by atoms with E-state index in [9.17, 15) is 24.6 Å². The number of hydrogen-bond donors (Lipinski definition) is 3. The number of methoxy groups -OCH3 is 1. The Morgan fingerprint density at radius 2 is 1.90 bits per heavy atom. The molecule has 256 valence electrons. The van der Waals surface area contributed by atoms with E-state index in [1.165, 1.54) is 32.7 Å². The molecule has 0 saturated carbocycles. The smallest absolute Gasteiger partial charge is 0.329 e. The summed E-state index contributed by atoms with van der Waals surface area (Å²) >= 11 is 1.37. The molecule has 4 bridgehead atoms. The number of esters is 2. The number of thioether (sulfide) groups is 1. The van der Waals surface area contributed by atoms with Gasteiger partial charge < -0.3 is 39.2 Å². The van der Waals surface area contributed by atoms with E-state index < -0.39 is 53.6 Å². The van der Waals surface area contributed by atoms with E-state index in [1.807, 2.05) is 17.9 Å². The molecule has 2 aromatic carbocycles. The highest BCUT2D eigenvalue weighted by Gasteiger charge is 2.61. The first-order valence-corrected chi connectivity index (χ1v) is 16.9. The monoisotopic (exact) mass is 681 g/mol. The third kappa shape index (κ3) is 4.83. The standard InChI is InChI=1S/C34H39N3O10S/c1-7-8-36-20-10-18-9-14(2)28(43-6)27(40)22(18)25(36)26-32-24-23(31-30(45-13-46-31)15(3)29(24)47-17(5)39)21(37(26)33(20)41)11-44-34(42)19(12-48-32)35-16(4)38/h7,9,19-21,25-26,32-33,40-41H,1,8,10-13H2,2-6H3,(H,35,38)/t19?,20?,21-,25?,26+,32+,33-/m0/s1. The van der Waals surface area contributed by atoms with Gasteiger partial charge in [0.05, 0.1) is 30.5 Å². The largest absolute Gasteiger partial charge is 0.504 e. The molecule has 2 saturated heterocycles. The number of fused-ring (bicyclic) bond motifs is 9. The molecule has 0 radical (unpaired) electrons. The topological polar surface area (TPSA) is 156 Å². The number of piperazine rings is 1. The molecule has 3 unspecified atom stereocenters. The molecule has 5 heterocycles. The number of phenolic OH excluding ortho intramolecular Hbond substituents is 1. The summed E-state index contributed by atoms with van der Waals surface area (Å²) in [6.45, 7) is 10.5. The van der Waals surface area contributed by atoms with Crippen LogP contribution in [-0.4, -0.2) is 95.0 Å². The van der Waals surface area contributed by atoms with E-state index in [2.05, 4.69) is 16.8 Å². The summed E-state index contributed by atoms with van der Waals surface area (Å²) in [5.41, 5.74) is 4.16. The number of nitrogens with one attached hydrogen (secondary N) is 1. The zero-order valence-electron chi connectivity index (χ0n) is 27.4. The van der Waals surface area contributed by atoms with Crippen LogP contribution in [0.2, 0.25) is 0 Å². The lowest BCUT2D eigenvalue weighted by Gasteiger charge is -2.62. The highest BCUT2D eigenvalue weighted by atomic mass is 32.2. The number of benzene rings is 2. The van der Waals surface area contributed by atoms with Crippen molar-refractivity contribution in [3.8, 4) is 28.7 Å². The fourth-order valence-electron chi connectivity index (χ4n) is 8.37. The van der Waals surface area contributed by atoms with E-state index in [-0.39, 0.29) is 30.8 Å². The summed E-state index contributed by atoms with van der Waals surface area (Å²) in [6, 6.07) is -1.27. The number of rotatable bonds is 5. The zero-order chi connectivity index (χ0) is 34.2. The summed E-state index contributed by atoms with van der Waals surface area (Å²) in [7, 11) is 1.52. The van der Waals surface area contributed by atoms with Gasteiger partial charge in [0, 0.05) is 54.4 Å². The molecule has 7 rings (SSSR count). The summed E-state index contributed by atoms with van der Waals surface area (Å²) in [5.74, 6) is 0.124. The Hall–Kier alpha value is -3.98. The van der Waals surface area contributed by atoms with Crippen molar-refractivity contribution in [2.24, 2.45) is 0 Å². The Morgan fingerprint density at radius 3 is 2.58 bits per heavy atom. The predicted octanol–water partition coefficient (Wildman–Crippen LogP) is 2.72. The van der Waals surface area contributed by atoms with Crippen LogP contribution in [0.1, 0.15) is 64.6 Å². The Bertz CT molecular complexity index is 1730. The second-order valence-corrected chi connectivity index (χ2v) is 14.0. The Morgan fingerprint density at radius 1 is 1.15 bits per heavy atom. The molecule has 48 heavy (non-hydrogen) atoms. The van der Waals surface area contributed by atoms with Crippen LogP contribution in [0.15, 0.2) is 18.7 Å². The molecule has 5 aliphatic rings. The molecule has 1 amide bonds. The molecular weight excluding hydrogens is 642 g/mol. The van der Waals surface area contributed by atoms with Crippen molar-refractivity contribution in [1.82, 2.24) is 15.1 Å². The number of aryl methyl sites for hydroxylation is 1. The number of aliphatic hydroxyl groups excluding tert-OH is 1. The number of amides is 1. The van der Waals surface area contributed by atoms with Crippen molar-refractivity contribution >= 4 is 29.6 Å². The first-order chi connectivity index (χ1) is 23.0. The lowest BCUT2D eigenvalue weighted by atomic mass is 9.72. The lowest BCUT2D eigenvalue weighted by Crippen LogP contribution is -2.70. The van der Waals surface area contributed by atoms with Gasteiger partial charge in [0.1, 0.15) is 24.6 Å². The minimum Gasteiger partial charge on any atom is -0.504 e. The molecule has 0 aromatic heterocycles. The van der Waals surface area contributed by atoms with Crippen LogP contribution in [0, 0.1) is 13.8 Å². The average molecular weight is 682 g/mol. The van der Waals surface area contributed by atoms with Crippen molar-refractivity contribution in [2.75, 3.05) is 32.8 Å². The number of nitrogens with zero attached hydrogens (tertiary/aromatic N) is 2. The molecule has 5 aliphatic heterocycles. The van der Waals surface area contributed by atoms with Gasteiger partial charge in [0.2, 0.25) is 12.7 Å². The van der Waals surface area contributed by atoms with Gasteiger partial charge in [0.15, 0.2) is 23.0 Å². The fourth-order valence-corrected chi connectivity index (χ4v) is 9.88. The number of carbonyl (C=O) groups excluding carboxylic acids is 3. The molecular formula is C34H39N3O10S. The number of cyclic esters (lactones) is 1. The van der Waals surface area contributed by atoms with Crippen molar-refractivity contribution in [1.29, 1.82) is 0 Å². The summed E-state index contributed by atoms with van der Waals surface area (Å²) in [6.07, 6.45) is 1.14. The second kappa shape index (κ2) is 12.2. The second-order valence-electron chi connectivity index (χ2n) is 12.8. The average Bonchev–Trinajstić information content (AvgIpc) is 3.52. The van der Waals surface area contributed by atoms with Crippen LogP contribution in [0.4, 0.5) is 0 Å². The zero-order valence-corrected chi connectivity index (χ0v) is 28.2. The number of ether oxygens (including phenoxy) is 5. The predicted molar refractivity (Wildman–Crippen MR) is 173 cm³/mol. The SMILES string of the molecule is C=CCN1C2c3c(cc(C)c(OC)c3O)CC1[C@H](O)N1[C@H]2[C@@H]2SCC(NC(C)=O)C(=O)OC[C@H]1c1c3c(c(C)c(OC(C)=O)c12)OCO3. The number of carbonyl (C=O) groups is 3. The molecule has 0 aliphatic carbocycles. The maximum absolute atomic E-state index is 13.4. The number of phenols is 1. The maximum atomic E-state index is 13.4. The number of aromatic hydroxyl groups is 1. The van der Waals surface area contributed by atoms with E-state index in [1.54, 1.807) is 13.0 Å². The van der Waals surface area contributed by atoms with Crippen LogP contribution < -0.4 is 24.3 Å². The van der Waals surface area contributed by atoms with Crippen LogP contribution in [0.25, 0.3) is 0 Å². The van der Waals surface area contributed by atoms with Gasteiger partial charge in [-0.05, 0) is 31.4 Å². The van der Waals surface area contributed by atoms with Gasteiger partial charge in [-0.1, -0.05) is 12.1 Å². The van der Waals surface area contributed by atoms with E-state index in [0.717, 1.165) is 11.1 Å². The molecule has 14 heteroatoms. The molecule has 0 spiro atoms. The summed E-state index contributed by atoms with van der Waals surface area (Å²) < 4.78 is 29.6. The molecule has 7 atom stereocenters. The third-order valence-electron chi connectivity index (χ3n) is 10.0. The summed E-state index contributed by atoms with van der Waals surface area (Å²) in [4.78, 5) is 42.4. The fraction of sp³-hybridized carbons (Fsp3) is 0.500. The molecule has 13 nitrogen and oxygen atoms in total. The van der Waals surface area contributed by atoms with Gasteiger partial charge in [-0.2, -0.15) is 0 Å². The van der Waals surface area contributed by atoms with Gasteiger partial charge in [-0.3, -0.25) is 19.4 Å². The first-order valence-electron chi connectivity index (χ1n) is 15.9. The van der Waals surface area contributed by atoms with Gasteiger partial charge in [-0.25, -0.2) is 4.79 Å². The number of aliphatic hydroxyl groups is 1. The number of hydrogen-bond acceptors (Lipinski definition) is 13. The normalized spacial score (nSPS) is 28.8. The van der Waals surface area contributed by atoms with Crippen LogP contribution >= 0.6 is 11.8 Å². The molecule has 2 aromatic rings. The maximum Gasteiger partial charge on any atom is 0.329 e. The Kier molecular flexibility index (Phi) is 8.25. The van der Waals surface area contributed by atoms with Crippen LogP contribution in [0.3, 0.4) is 0 Å². The Balaban J connectivity index is 1.54. The van der Waals surface area contributed by atoms with Crippen LogP contribution in [0.5, 0.6) is 28.7 Å². The Labute approximate surface area is 282 Å². The van der Waals surface area contributed by atoms with Crippen LogP contribution in [-0.2, 0) is 25.5 Å². The highest BCUT2D eigenvalue weighted by Crippen LogP contribution is 2.64. The van der Waals surface area contributed by atoms with Crippen molar-refractivity contribution < 1.29 is 48.3 Å². The quantitative estimate of drug-likeness (QED) is 0.241. The first kappa shape index (κ1) is 32.6. The van der Waals surface area contributed by atoms with Gasteiger partial charge >= 0.3 is 11.9 Å². The van der Waals surface area contributed by atoms with E-state index >= 15 is 0 Å². The lowest BCUT2D eigenvalue weighted by molar-refractivity contribution is -0.188. The van der Waals surface area contributed by atoms with Gasteiger partial charge in [-0.15, -0.1) is 18.3 Å². The van der Waals surface area contributed by atoms with E-state index in [4.69, 9.17) is 23.7 Å². The minimum absolute atomic E-state index is 0.0178. The highest BCUT2D eigenvalue weighted by molar-refractivity contribution is 7.99. The summed E-state index contributed by atoms with van der Waals surface area (Å²) in [5, 5.41) is 26.5. The minimum atomic E-state index is -1.06. The molecule has 3 N–H and O–H groups in total. The van der Waals surface area contributed by atoms with Crippen molar-refractivity contribution in [2.45, 2.75) is 75.8 Å².